The Hall–Kier alpha value is -4.19. The lowest BCUT2D eigenvalue weighted by molar-refractivity contribution is -0.148. The van der Waals surface area contributed by atoms with Crippen molar-refractivity contribution in [3.63, 3.8) is 0 Å². The van der Waals surface area contributed by atoms with E-state index < -0.39 is 30.3 Å². The van der Waals surface area contributed by atoms with Crippen LogP contribution in [0.2, 0.25) is 5.02 Å². The number of aromatic amines is 1. The molecule has 0 fully saturated rings. The molecule has 36 heavy (non-hydrogen) atoms. The van der Waals surface area contributed by atoms with Crippen molar-refractivity contribution in [3.8, 4) is 22.5 Å². The van der Waals surface area contributed by atoms with Crippen molar-refractivity contribution in [1.29, 1.82) is 0 Å². The summed E-state index contributed by atoms with van der Waals surface area (Å²) in [5.74, 6) is -2.47. The number of hydrogen-bond donors (Lipinski definition) is 4. The van der Waals surface area contributed by atoms with Gasteiger partial charge in [0.05, 0.1) is 12.7 Å². The predicted octanol–water partition coefficient (Wildman–Crippen LogP) is 2.92. The van der Waals surface area contributed by atoms with Crippen molar-refractivity contribution in [2.75, 3.05) is 6.54 Å². The lowest BCUT2D eigenvalue weighted by Gasteiger charge is -2.24. The van der Waals surface area contributed by atoms with Crippen LogP contribution in [0.1, 0.15) is 16.1 Å². The van der Waals surface area contributed by atoms with E-state index in [4.69, 9.17) is 16.7 Å². The van der Waals surface area contributed by atoms with Gasteiger partial charge in [0, 0.05) is 29.5 Å². The predicted molar refractivity (Wildman–Crippen MR) is 128 cm³/mol. The molecule has 0 spiro atoms. The zero-order valence-electron chi connectivity index (χ0n) is 18.6. The molecule has 0 saturated heterocycles. The second kappa shape index (κ2) is 11.0. The summed E-state index contributed by atoms with van der Waals surface area (Å²) in [6.07, 6.45) is 2.74. The van der Waals surface area contributed by atoms with Crippen molar-refractivity contribution >= 4 is 23.5 Å². The highest BCUT2D eigenvalue weighted by Gasteiger charge is 2.22. The third-order valence-corrected chi connectivity index (χ3v) is 5.39. The van der Waals surface area contributed by atoms with Gasteiger partial charge in [-0.1, -0.05) is 35.9 Å². The SMILES string of the molecule is O=C(NN(Cc1ccc(-c2cc(Cl)ccc2F)cc1)C[C@@H](O)C(=O)O)c1cc(-c2cnccn2)n[nH]1. The number of hydrogen-bond acceptors (Lipinski definition) is 7. The van der Waals surface area contributed by atoms with Crippen LogP contribution in [0.25, 0.3) is 22.5 Å². The summed E-state index contributed by atoms with van der Waals surface area (Å²) in [5.41, 5.74) is 5.13. The van der Waals surface area contributed by atoms with E-state index in [1.54, 1.807) is 24.3 Å². The van der Waals surface area contributed by atoms with Crippen LogP contribution < -0.4 is 5.43 Å². The monoisotopic (exact) mass is 510 g/mol. The van der Waals surface area contributed by atoms with Gasteiger partial charge in [0.25, 0.3) is 5.91 Å². The molecule has 0 aliphatic heterocycles. The van der Waals surface area contributed by atoms with E-state index in [1.807, 2.05) is 0 Å². The van der Waals surface area contributed by atoms with Gasteiger partial charge >= 0.3 is 5.97 Å². The first-order valence-electron chi connectivity index (χ1n) is 10.6. The molecular weight excluding hydrogens is 491 g/mol. The number of carbonyl (C=O) groups is 2. The maximum absolute atomic E-state index is 14.2. The Morgan fingerprint density at radius 3 is 2.58 bits per heavy atom. The molecule has 2 heterocycles. The molecule has 0 aliphatic rings. The summed E-state index contributed by atoms with van der Waals surface area (Å²) in [4.78, 5) is 32.1. The zero-order chi connectivity index (χ0) is 25.7. The van der Waals surface area contributed by atoms with Gasteiger partial charge in [-0.05, 0) is 35.4 Å². The molecule has 4 rings (SSSR count). The number of halogens is 2. The van der Waals surface area contributed by atoms with Crippen molar-refractivity contribution in [2.24, 2.45) is 0 Å². The number of amides is 1. The molecule has 10 nitrogen and oxygen atoms in total. The number of carbonyl (C=O) groups excluding carboxylic acids is 1. The molecule has 12 heteroatoms. The highest BCUT2D eigenvalue weighted by molar-refractivity contribution is 6.30. The summed E-state index contributed by atoms with van der Waals surface area (Å²) in [6, 6.07) is 12.5. The quantitative estimate of drug-likeness (QED) is 0.252. The van der Waals surface area contributed by atoms with Crippen molar-refractivity contribution < 1.29 is 24.2 Å². The highest BCUT2D eigenvalue weighted by atomic mass is 35.5. The van der Waals surface area contributed by atoms with E-state index in [0.29, 0.717) is 33.1 Å². The first kappa shape index (κ1) is 24.9. The molecule has 2 aromatic heterocycles. The summed E-state index contributed by atoms with van der Waals surface area (Å²) >= 11 is 5.98. The number of H-pyrrole nitrogens is 1. The molecular formula is C24H20ClFN6O4. The average Bonchev–Trinajstić information content (AvgIpc) is 3.37. The molecule has 0 saturated carbocycles. The van der Waals surface area contributed by atoms with Gasteiger partial charge in [-0.25, -0.2) is 14.2 Å². The minimum Gasteiger partial charge on any atom is -0.479 e. The van der Waals surface area contributed by atoms with Crippen LogP contribution in [0.4, 0.5) is 4.39 Å². The van der Waals surface area contributed by atoms with Crippen LogP contribution in [0, 0.1) is 5.82 Å². The fraction of sp³-hybridized carbons (Fsp3) is 0.125. The normalized spacial score (nSPS) is 11.9. The Morgan fingerprint density at radius 1 is 1.11 bits per heavy atom. The van der Waals surface area contributed by atoms with Crippen LogP contribution in [-0.4, -0.2) is 59.9 Å². The van der Waals surface area contributed by atoms with Crippen LogP contribution in [-0.2, 0) is 11.3 Å². The van der Waals surface area contributed by atoms with Crippen molar-refractivity contribution in [2.45, 2.75) is 12.6 Å². The Morgan fingerprint density at radius 2 is 1.89 bits per heavy atom. The topological polar surface area (TPSA) is 144 Å². The number of hydrazine groups is 1. The molecule has 2 aromatic carbocycles. The van der Waals surface area contributed by atoms with Gasteiger partial charge in [0.15, 0.2) is 6.10 Å². The molecule has 1 atom stereocenters. The van der Waals surface area contributed by atoms with Crippen LogP contribution in [0.3, 0.4) is 0 Å². The highest BCUT2D eigenvalue weighted by Crippen LogP contribution is 2.26. The molecule has 1 amide bonds. The maximum atomic E-state index is 14.2. The minimum atomic E-state index is -1.75. The number of aromatic nitrogens is 4. The summed E-state index contributed by atoms with van der Waals surface area (Å²) in [7, 11) is 0. The molecule has 0 radical (unpaired) electrons. The van der Waals surface area contributed by atoms with Crippen LogP contribution in [0.15, 0.2) is 67.1 Å². The zero-order valence-corrected chi connectivity index (χ0v) is 19.4. The van der Waals surface area contributed by atoms with E-state index in [2.05, 4.69) is 25.6 Å². The summed E-state index contributed by atoms with van der Waals surface area (Å²) < 4.78 is 14.2. The molecule has 0 unspecified atom stereocenters. The summed E-state index contributed by atoms with van der Waals surface area (Å²) in [5, 5.41) is 27.3. The van der Waals surface area contributed by atoms with Crippen LogP contribution in [0.5, 0.6) is 0 Å². The van der Waals surface area contributed by atoms with Crippen molar-refractivity contribution in [1.82, 2.24) is 30.6 Å². The number of carboxylic acids is 1. The average molecular weight is 511 g/mol. The lowest BCUT2D eigenvalue weighted by Crippen LogP contribution is -2.47. The number of nitrogens with one attached hydrogen (secondary N) is 2. The molecule has 184 valence electrons. The number of rotatable bonds is 9. The van der Waals surface area contributed by atoms with E-state index in [1.165, 1.54) is 47.9 Å². The van der Waals surface area contributed by atoms with Gasteiger partial charge in [-0.15, -0.1) is 0 Å². The number of aliphatic hydroxyl groups is 1. The number of aliphatic hydroxyl groups excluding tert-OH is 1. The Balaban J connectivity index is 1.50. The van der Waals surface area contributed by atoms with Crippen molar-refractivity contribution in [3.05, 3.63) is 89.2 Å². The fourth-order valence-electron chi connectivity index (χ4n) is 3.37. The van der Waals surface area contributed by atoms with Gasteiger partial charge in [0.2, 0.25) is 0 Å². The Bertz CT molecular complexity index is 1370. The maximum Gasteiger partial charge on any atom is 0.333 e. The van der Waals surface area contributed by atoms with Crippen LogP contribution >= 0.6 is 11.6 Å². The molecule has 4 N–H and O–H groups in total. The first-order valence-corrected chi connectivity index (χ1v) is 11.0. The number of benzene rings is 2. The molecule has 0 aliphatic carbocycles. The van der Waals surface area contributed by atoms with E-state index in [9.17, 15) is 19.1 Å². The number of nitrogens with zero attached hydrogens (tertiary/aromatic N) is 4. The lowest BCUT2D eigenvalue weighted by atomic mass is 10.0. The standard InChI is InChI=1S/C24H20ClFN6O4/c25-16-5-6-18(26)17(9-16)15-3-1-14(2-4-15)12-32(13-22(33)24(35)36)31-23(34)20-10-19(29-30-20)21-11-27-7-8-28-21/h1-11,22,33H,12-13H2,(H,29,30)(H,31,34)(H,35,36)/t22-/m1/s1. The van der Waals surface area contributed by atoms with Gasteiger partial charge in [-0.2, -0.15) is 5.10 Å². The van der Waals surface area contributed by atoms with Gasteiger partial charge in [-0.3, -0.25) is 25.3 Å². The molecule has 0 bridgehead atoms. The first-order chi connectivity index (χ1) is 17.3. The second-order valence-corrected chi connectivity index (χ2v) is 8.19. The van der Waals surface area contributed by atoms with Gasteiger partial charge < -0.3 is 10.2 Å². The largest absolute Gasteiger partial charge is 0.479 e. The molecule has 4 aromatic rings. The van der Waals surface area contributed by atoms with Gasteiger partial charge in [0.1, 0.15) is 22.9 Å². The third kappa shape index (κ3) is 6.08. The number of carboxylic acid groups (broad SMARTS) is 1. The smallest absolute Gasteiger partial charge is 0.333 e. The van der Waals surface area contributed by atoms with E-state index in [-0.39, 0.29) is 12.2 Å². The Kier molecular flexibility index (Phi) is 7.64. The second-order valence-electron chi connectivity index (χ2n) is 7.75. The minimum absolute atomic E-state index is 0.0551. The summed E-state index contributed by atoms with van der Waals surface area (Å²) in [6.45, 7) is -0.337. The number of aliphatic carboxylic acids is 1. The van der Waals surface area contributed by atoms with E-state index in [0.717, 1.165) is 0 Å². The third-order valence-electron chi connectivity index (χ3n) is 5.15. The fourth-order valence-corrected chi connectivity index (χ4v) is 3.54. The van der Waals surface area contributed by atoms with E-state index >= 15 is 0 Å². The Labute approximate surface area is 209 Å².